The van der Waals surface area contributed by atoms with Crippen molar-refractivity contribution >= 4 is 30.4 Å². The molecule has 0 bridgehead atoms. The first kappa shape index (κ1) is 28.0. The number of fused-ring (bicyclic) bond motifs is 5. The van der Waals surface area contributed by atoms with Crippen LogP contribution in [0.15, 0.2) is 128 Å². The van der Waals surface area contributed by atoms with Crippen LogP contribution >= 0.6 is 0 Å². The molecular weight excluding hydrogens is 593 g/mol. The first-order valence-electron chi connectivity index (χ1n) is 15.3. The molecule has 7 nitrogen and oxygen atoms in total. The van der Waals surface area contributed by atoms with Gasteiger partial charge in [0.2, 0.25) is 0 Å². The summed E-state index contributed by atoms with van der Waals surface area (Å²) < 4.78 is 37.9. The van der Waals surface area contributed by atoms with Crippen molar-refractivity contribution in [3.63, 3.8) is 0 Å². The average molecular weight is 627 g/mol. The van der Waals surface area contributed by atoms with Crippen LogP contribution in [0, 0.1) is 0 Å². The topological polar surface area (TPSA) is 52.4 Å². The molecule has 0 aliphatic carbocycles. The van der Waals surface area contributed by atoms with Crippen molar-refractivity contribution in [3.8, 4) is 28.7 Å². The van der Waals surface area contributed by atoms with Crippen LogP contribution in [0.4, 0.5) is 11.4 Å². The van der Waals surface area contributed by atoms with Crippen LogP contribution in [-0.2, 0) is 0 Å². The molecule has 5 aromatic carbocycles. The van der Waals surface area contributed by atoms with E-state index >= 15 is 0 Å². The van der Waals surface area contributed by atoms with Gasteiger partial charge in [-0.3, -0.25) is 0 Å². The van der Waals surface area contributed by atoms with Crippen LogP contribution in [0.3, 0.4) is 0 Å². The van der Waals surface area contributed by atoms with Crippen molar-refractivity contribution in [1.82, 2.24) is 0 Å². The van der Waals surface area contributed by atoms with Crippen molar-refractivity contribution in [3.05, 3.63) is 145 Å². The monoisotopic (exact) mass is 626 g/mol. The number of para-hydroxylation sites is 2. The van der Waals surface area contributed by atoms with Gasteiger partial charge < -0.3 is 0 Å². The third kappa shape index (κ3) is 3.56. The number of nitrogens with zero attached hydrogens (tertiary/aromatic N) is 2. The summed E-state index contributed by atoms with van der Waals surface area (Å²) in [6.07, 6.45) is 2.56. The Morgan fingerprint density at radius 1 is 0.761 bits per heavy atom. The Balaban J connectivity index is 1.63. The second-order valence-corrected chi connectivity index (χ2v) is 15.5. The van der Waals surface area contributed by atoms with E-state index in [2.05, 4.69) is 94.2 Å². The van der Waals surface area contributed by atoms with E-state index < -0.39 is 8.16 Å². The average Bonchev–Trinajstić information content (AvgIpc) is 3.38. The number of methoxy groups -OCH3 is 3. The Morgan fingerprint density at radius 2 is 1.43 bits per heavy atom. The Kier molecular flexibility index (Phi) is 6.27. The predicted octanol–water partition coefficient (Wildman–Crippen LogP) is 7.11. The fourth-order valence-corrected chi connectivity index (χ4v) is 13.5. The summed E-state index contributed by atoms with van der Waals surface area (Å²) in [5.41, 5.74) is 5.89. The van der Waals surface area contributed by atoms with E-state index in [9.17, 15) is 0 Å². The van der Waals surface area contributed by atoms with Crippen molar-refractivity contribution < 1.29 is 27.3 Å². The Labute approximate surface area is 268 Å². The Morgan fingerprint density at radius 3 is 2.15 bits per heavy atom. The number of benzene rings is 5. The molecule has 0 fully saturated rings. The van der Waals surface area contributed by atoms with E-state index in [4.69, 9.17) is 23.1 Å². The van der Waals surface area contributed by atoms with Gasteiger partial charge in [0, 0.05) is 0 Å². The van der Waals surface area contributed by atoms with Gasteiger partial charge in [0.1, 0.15) is 0 Å². The molecule has 3 aliphatic heterocycles. The number of ether oxygens (including phenoxy) is 3. The minimum atomic E-state index is -4.88. The van der Waals surface area contributed by atoms with Gasteiger partial charge >= 0.3 is 269 Å². The molecule has 0 radical (unpaired) electrons. The van der Waals surface area contributed by atoms with Gasteiger partial charge in [-0.25, -0.2) is 0 Å². The van der Waals surface area contributed by atoms with Gasteiger partial charge in [-0.05, 0) is 0 Å². The first-order valence-corrected chi connectivity index (χ1v) is 17.5. The van der Waals surface area contributed by atoms with E-state index in [0.29, 0.717) is 35.2 Å². The van der Waals surface area contributed by atoms with Gasteiger partial charge in [0.15, 0.2) is 0 Å². The molecule has 0 N–H and O–H groups in total. The van der Waals surface area contributed by atoms with Crippen molar-refractivity contribution in [2.45, 2.75) is 12.5 Å². The Hall–Kier alpha value is -5.47. The number of hydrogen-bond donors (Lipinski definition) is 0. The zero-order chi connectivity index (χ0) is 31.5. The summed E-state index contributed by atoms with van der Waals surface area (Å²) >= 11 is 0. The van der Waals surface area contributed by atoms with E-state index in [1.807, 2.05) is 42.5 Å². The molecule has 0 saturated heterocycles. The van der Waals surface area contributed by atoms with E-state index in [0.717, 1.165) is 39.0 Å². The molecule has 0 unspecified atom stereocenters. The summed E-state index contributed by atoms with van der Waals surface area (Å²) in [5.74, 6) is 3.33. The molecule has 8 rings (SSSR count). The number of rotatable bonds is 7. The van der Waals surface area contributed by atoms with Crippen LogP contribution in [0.5, 0.6) is 28.7 Å². The van der Waals surface area contributed by atoms with Gasteiger partial charge in [-0.1, -0.05) is 0 Å². The van der Waals surface area contributed by atoms with Crippen LogP contribution in [0.25, 0.3) is 0 Å². The normalized spacial score (nSPS) is 18.5. The van der Waals surface area contributed by atoms with Gasteiger partial charge in [0.25, 0.3) is 0 Å². The molecule has 8 heteroatoms. The molecule has 1 spiro atoms. The maximum atomic E-state index is 7.77. The molecule has 3 heterocycles. The molecule has 1 atom stereocenters. The molecular formula is C38H34N2O5Si. The summed E-state index contributed by atoms with van der Waals surface area (Å²) in [4.78, 5) is 0. The van der Waals surface area contributed by atoms with Crippen LogP contribution in [0.1, 0.15) is 29.2 Å². The summed E-state index contributed by atoms with van der Waals surface area (Å²) in [5, 5.41) is 0.932. The van der Waals surface area contributed by atoms with Crippen molar-refractivity contribution in [2.75, 3.05) is 25.9 Å². The second-order valence-electron chi connectivity index (χ2n) is 11.6. The first-order chi connectivity index (χ1) is 22.6. The van der Waals surface area contributed by atoms with Gasteiger partial charge in [0.05, 0.1) is 0 Å². The third-order valence-corrected chi connectivity index (χ3v) is 14.5. The maximum absolute atomic E-state index is 7.77. The summed E-state index contributed by atoms with van der Waals surface area (Å²) in [6.45, 7) is 4.21. The predicted molar refractivity (Wildman–Crippen MR) is 182 cm³/mol. The summed E-state index contributed by atoms with van der Waals surface area (Å²) in [6, 6.07) is 39.0. The number of hydrogen-bond acceptors (Lipinski definition) is 6. The molecule has 0 aromatic heterocycles. The standard InChI is InChI=1S/C38H34N2O5Si/c1-5-14-33-37-35(43-4)24-28(42-3)25-36(37)45-46(29-17-10-7-11-18-29)39(33)31-19-12-13-20-32(31)40(46)38(26-15-8-6-9-16-26)30-22-21-27(41-2)23-34(30)44-46/h5-13,15-25,33H,1,14H2,2-4H3/t33-/m1/s1. The zero-order valence-corrected chi connectivity index (χ0v) is 27.0. The van der Waals surface area contributed by atoms with Crippen molar-refractivity contribution in [2.24, 2.45) is 0 Å². The van der Waals surface area contributed by atoms with Gasteiger partial charge in [-0.2, -0.15) is 0 Å². The SMILES string of the molecule is C=CC[C@@H]1c2c(OC)cc(OC)cc2O[Si-]23(c4ccccc4)Oc4cc(OC)ccc4C(c4ccccc4)=[N+]2c2ccccc2N13. The molecule has 0 amide bonds. The second kappa shape index (κ2) is 10.3. The van der Waals surface area contributed by atoms with Crippen LogP contribution in [0.2, 0.25) is 0 Å². The fourth-order valence-electron chi connectivity index (χ4n) is 7.56. The zero-order valence-electron chi connectivity index (χ0n) is 26.0. The van der Waals surface area contributed by atoms with E-state index in [1.165, 1.54) is 0 Å². The Bertz CT molecular complexity index is 2050. The fraction of sp³-hybridized carbons (Fsp3) is 0.132. The molecule has 0 saturated carbocycles. The van der Waals surface area contributed by atoms with E-state index in [1.54, 1.807) is 21.3 Å². The van der Waals surface area contributed by atoms with Crippen molar-refractivity contribution in [1.29, 1.82) is 0 Å². The molecule has 230 valence electrons. The summed E-state index contributed by atoms with van der Waals surface area (Å²) in [7, 11) is 0.127. The molecule has 3 aliphatic rings. The van der Waals surface area contributed by atoms with Gasteiger partial charge in [-0.15, -0.1) is 0 Å². The molecule has 46 heavy (non-hydrogen) atoms. The molecule has 5 aromatic rings. The quantitative estimate of drug-likeness (QED) is 0.142. The number of anilines is 1. The van der Waals surface area contributed by atoms with Crippen LogP contribution < -0.4 is 32.8 Å². The van der Waals surface area contributed by atoms with E-state index in [-0.39, 0.29) is 6.04 Å². The minimum absolute atomic E-state index is 0.258. The third-order valence-electron chi connectivity index (χ3n) is 9.34. The van der Waals surface area contributed by atoms with Crippen LogP contribution in [-0.4, -0.2) is 39.4 Å².